The number of aliphatic carboxylic acids is 1. The third kappa shape index (κ3) is 5.39. The second-order valence-corrected chi connectivity index (χ2v) is 7.97. The second-order valence-electron chi connectivity index (χ2n) is 7.97. The molecule has 0 saturated carbocycles. The Morgan fingerprint density at radius 2 is 1.60 bits per heavy atom. The number of carboxylic acids is 1. The maximum absolute atomic E-state index is 12.3. The van der Waals surface area contributed by atoms with Gasteiger partial charge in [-0.1, -0.05) is 62.4 Å². The fraction of sp³-hybridized carbons (Fsp3) is 0.417. The molecule has 160 valence electrons. The number of benzene rings is 2. The summed E-state index contributed by atoms with van der Waals surface area (Å²) in [6, 6.07) is 15.7. The van der Waals surface area contributed by atoms with E-state index in [0.717, 1.165) is 35.2 Å². The fourth-order valence-electron chi connectivity index (χ4n) is 3.90. The summed E-state index contributed by atoms with van der Waals surface area (Å²) in [5.41, 5.74) is 4.55. The molecule has 0 saturated heterocycles. The minimum atomic E-state index is -1.04. The predicted octanol–water partition coefficient (Wildman–Crippen LogP) is 4.15. The van der Waals surface area contributed by atoms with Gasteiger partial charge in [0.1, 0.15) is 12.6 Å². The van der Waals surface area contributed by atoms with Gasteiger partial charge in [-0.25, -0.2) is 9.59 Å². The van der Waals surface area contributed by atoms with E-state index in [4.69, 9.17) is 4.74 Å². The van der Waals surface area contributed by atoms with Gasteiger partial charge in [-0.05, 0) is 48.1 Å². The summed E-state index contributed by atoms with van der Waals surface area (Å²) >= 11 is 0. The summed E-state index contributed by atoms with van der Waals surface area (Å²) < 4.78 is 5.45. The van der Waals surface area contributed by atoms with Crippen LogP contribution in [0.15, 0.2) is 48.5 Å². The van der Waals surface area contributed by atoms with Crippen LogP contribution in [0.5, 0.6) is 0 Å². The van der Waals surface area contributed by atoms with Crippen molar-refractivity contribution in [1.82, 2.24) is 10.6 Å². The first-order chi connectivity index (χ1) is 14.5. The van der Waals surface area contributed by atoms with Crippen LogP contribution >= 0.6 is 0 Å². The zero-order chi connectivity index (χ0) is 21.5. The third-order valence-electron chi connectivity index (χ3n) is 5.41. The Kier molecular flexibility index (Phi) is 7.46. The Labute approximate surface area is 177 Å². The van der Waals surface area contributed by atoms with Gasteiger partial charge >= 0.3 is 12.1 Å². The number of hydrogen-bond donors (Lipinski definition) is 3. The molecule has 0 radical (unpaired) electrons. The molecule has 1 aliphatic rings. The van der Waals surface area contributed by atoms with Gasteiger partial charge in [-0.15, -0.1) is 0 Å². The lowest BCUT2D eigenvalue weighted by molar-refractivity contribution is -0.139. The van der Waals surface area contributed by atoms with Gasteiger partial charge in [0.15, 0.2) is 0 Å². The van der Waals surface area contributed by atoms with E-state index >= 15 is 0 Å². The largest absolute Gasteiger partial charge is 0.480 e. The van der Waals surface area contributed by atoms with Crippen molar-refractivity contribution in [3.8, 4) is 11.1 Å². The lowest BCUT2D eigenvalue weighted by Crippen LogP contribution is -2.41. The van der Waals surface area contributed by atoms with Gasteiger partial charge in [0.05, 0.1) is 0 Å². The number of hydrogen-bond acceptors (Lipinski definition) is 4. The van der Waals surface area contributed by atoms with Crippen LogP contribution in [0.25, 0.3) is 11.1 Å². The Balaban J connectivity index is 1.54. The first kappa shape index (κ1) is 21.8. The molecule has 1 atom stereocenters. The lowest BCUT2D eigenvalue weighted by atomic mass is 9.98. The van der Waals surface area contributed by atoms with Crippen LogP contribution in [-0.4, -0.2) is 42.4 Å². The summed E-state index contributed by atoms with van der Waals surface area (Å²) in [5, 5.41) is 15.2. The van der Waals surface area contributed by atoms with E-state index in [2.05, 4.69) is 36.6 Å². The average molecular weight is 411 g/mol. The summed E-state index contributed by atoms with van der Waals surface area (Å²) in [7, 11) is 0. The van der Waals surface area contributed by atoms with E-state index in [9.17, 15) is 14.7 Å². The number of carbonyl (C=O) groups is 2. The highest BCUT2D eigenvalue weighted by Gasteiger charge is 2.29. The van der Waals surface area contributed by atoms with Crippen molar-refractivity contribution in [3.63, 3.8) is 0 Å². The molecule has 0 unspecified atom stereocenters. The highest BCUT2D eigenvalue weighted by atomic mass is 16.5. The standard InChI is InChI=1S/C24H30N2O4/c1-16(2)25-14-8-7-13-22(23(27)28)26-24(29)30-15-21-19-11-5-3-9-17(19)18-10-4-6-12-20(18)21/h3-6,9-12,16,21-22,25H,7-8,13-15H2,1-2H3,(H,26,29)(H,27,28)/t22-/m0/s1. The minimum Gasteiger partial charge on any atom is -0.480 e. The van der Waals surface area contributed by atoms with Gasteiger partial charge in [-0.2, -0.15) is 0 Å². The number of carbonyl (C=O) groups excluding carboxylic acids is 1. The van der Waals surface area contributed by atoms with Crippen molar-refractivity contribution in [2.75, 3.05) is 13.2 Å². The highest BCUT2D eigenvalue weighted by Crippen LogP contribution is 2.44. The molecule has 3 rings (SSSR count). The molecule has 0 aliphatic heterocycles. The molecule has 3 N–H and O–H groups in total. The van der Waals surface area contributed by atoms with Gasteiger partial charge in [0.25, 0.3) is 0 Å². The van der Waals surface area contributed by atoms with Gasteiger partial charge < -0.3 is 20.5 Å². The molecule has 0 fully saturated rings. The van der Waals surface area contributed by atoms with E-state index in [1.807, 2.05) is 36.4 Å². The molecule has 0 bridgehead atoms. The number of alkyl carbamates (subject to hydrolysis) is 1. The average Bonchev–Trinajstić information content (AvgIpc) is 3.04. The van der Waals surface area contributed by atoms with Crippen LogP contribution in [0, 0.1) is 0 Å². The number of rotatable bonds is 10. The SMILES string of the molecule is CC(C)NCCCC[C@H](NC(=O)OCC1c2ccccc2-c2ccccc21)C(=O)O. The lowest BCUT2D eigenvalue weighted by Gasteiger charge is -2.17. The molecule has 1 aliphatic carbocycles. The maximum atomic E-state index is 12.3. The molecule has 2 aromatic carbocycles. The number of carboxylic acid groups (broad SMARTS) is 1. The van der Waals surface area contributed by atoms with Crippen molar-refractivity contribution < 1.29 is 19.4 Å². The van der Waals surface area contributed by atoms with Crippen LogP contribution in [0.4, 0.5) is 4.79 Å². The Morgan fingerprint density at radius 1 is 1.00 bits per heavy atom. The van der Waals surface area contributed by atoms with Crippen LogP contribution < -0.4 is 10.6 Å². The number of fused-ring (bicyclic) bond motifs is 3. The van der Waals surface area contributed by atoms with Crippen molar-refractivity contribution in [1.29, 1.82) is 0 Å². The first-order valence-corrected chi connectivity index (χ1v) is 10.5. The number of unbranched alkanes of at least 4 members (excludes halogenated alkanes) is 1. The number of ether oxygens (including phenoxy) is 1. The molecule has 6 heteroatoms. The van der Waals surface area contributed by atoms with Gasteiger partial charge in [0, 0.05) is 12.0 Å². The van der Waals surface area contributed by atoms with Crippen LogP contribution in [-0.2, 0) is 9.53 Å². The Hall–Kier alpha value is -2.86. The summed E-state index contributed by atoms with van der Waals surface area (Å²) in [6.45, 7) is 5.14. The summed E-state index contributed by atoms with van der Waals surface area (Å²) in [4.78, 5) is 23.8. The van der Waals surface area contributed by atoms with E-state index < -0.39 is 18.1 Å². The maximum Gasteiger partial charge on any atom is 0.407 e. The monoisotopic (exact) mass is 410 g/mol. The highest BCUT2D eigenvalue weighted by molar-refractivity contribution is 5.81. The van der Waals surface area contributed by atoms with Crippen LogP contribution in [0.2, 0.25) is 0 Å². The molecular weight excluding hydrogens is 380 g/mol. The van der Waals surface area contributed by atoms with Crippen molar-refractivity contribution in [3.05, 3.63) is 59.7 Å². The molecule has 0 spiro atoms. The molecule has 1 amide bonds. The second kappa shape index (κ2) is 10.3. The topological polar surface area (TPSA) is 87.7 Å². The Morgan fingerprint density at radius 3 is 2.17 bits per heavy atom. The normalized spacial score (nSPS) is 13.6. The van der Waals surface area contributed by atoms with Crippen LogP contribution in [0.1, 0.15) is 50.2 Å². The zero-order valence-electron chi connectivity index (χ0n) is 17.6. The molecular formula is C24H30N2O4. The first-order valence-electron chi connectivity index (χ1n) is 10.5. The predicted molar refractivity (Wildman–Crippen MR) is 117 cm³/mol. The van der Waals surface area contributed by atoms with E-state index in [0.29, 0.717) is 18.9 Å². The van der Waals surface area contributed by atoms with Gasteiger partial charge in [0.2, 0.25) is 0 Å². The Bertz CT molecular complexity index is 836. The number of nitrogens with one attached hydrogen (secondary N) is 2. The molecule has 0 aromatic heterocycles. The summed E-state index contributed by atoms with van der Waals surface area (Å²) in [5.74, 6) is -1.09. The van der Waals surface area contributed by atoms with E-state index in [1.54, 1.807) is 0 Å². The smallest absolute Gasteiger partial charge is 0.407 e. The number of amides is 1. The molecule has 2 aromatic rings. The zero-order valence-corrected chi connectivity index (χ0v) is 17.6. The van der Waals surface area contributed by atoms with Gasteiger partial charge in [-0.3, -0.25) is 0 Å². The molecule has 0 heterocycles. The van der Waals surface area contributed by atoms with E-state index in [-0.39, 0.29) is 12.5 Å². The fourth-order valence-corrected chi connectivity index (χ4v) is 3.90. The quantitative estimate of drug-likeness (QED) is 0.512. The summed E-state index contributed by atoms with van der Waals surface area (Å²) in [6.07, 6.45) is 1.25. The molecule has 6 nitrogen and oxygen atoms in total. The molecule has 30 heavy (non-hydrogen) atoms. The van der Waals surface area contributed by atoms with Crippen molar-refractivity contribution in [2.45, 2.75) is 51.1 Å². The van der Waals surface area contributed by atoms with Crippen molar-refractivity contribution in [2.24, 2.45) is 0 Å². The van der Waals surface area contributed by atoms with Crippen molar-refractivity contribution >= 4 is 12.1 Å². The van der Waals surface area contributed by atoms with E-state index in [1.165, 1.54) is 0 Å². The van der Waals surface area contributed by atoms with Crippen LogP contribution in [0.3, 0.4) is 0 Å². The third-order valence-corrected chi connectivity index (χ3v) is 5.41. The minimum absolute atomic E-state index is 0.0477.